The number of ether oxygens (including phenoxy) is 1. The van der Waals surface area contributed by atoms with Crippen LogP contribution in [0.1, 0.15) is 32.1 Å². The average molecular weight is 253 g/mol. The van der Waals surface area contributed by atoms with Crippen LogP contribution in [0.15, 0.2) is 0 Å². The van der Waals surface area contributed by atoms with Crippen molar-refractivity contribution >= 4 is 5.91 Å². The molecule has 3 fully saturated rings. The fourth-order valence-corrected chi connectivity index (χ4v) is 4.10. The number of rotatable bonds is 3. The third-order valence-corrected chi connectivity index (χ3v) is 5.08. The van der Waals surface area contributed by atoms with Crippen LogP contribution in [0.4, 0.5) is 0 Å². The first kappa shape index (κ1) is 12.4. The van der Waals surface area contributed by atoms with Crippen LogP contribution in [0.5, 0.6) is 0 Å². The molecule has 4 atom stereocenters. The number of aliphatic hydroxyl groups excluding tert-OH is 1. The minimum Gasteiger partial charge on any atom is -0.394 e. The molecule has 0 aromatic carbocycles. The van der Waals surface area contributed by atoms with E-state index < -0.39 is 0 Å². The molecule has 4 nitrogen and oxygen atoms in total. The van der Waals surface area contributed by atoms with E-state index in [-0.39, 0.29) is 18.6 Å². The lowest BCUT2D eigenvalue weighted by Crippen LogP contribution is -2.50. The Kier molecular flexibility index (Phi) is 3.57. The Morgan fingerprint density at radius 2 is 2.22 bits per heavy atom. The zero-order valence-electron chi connectivity index (χ0n) is 10.9. The molecule has 4 heteroatoms. The summed E-state index contributed by atoms with van der Waals surface area (Å²) in [5, 5.41) is 9.30. The summed E-state index contributed by atoms with van der Waals surface area (Å²) >= 11 is 0. The first-order chi connectivity index (χ1) is 8.78. The highest BCUT2D eigenvalue weighted by molar-refractivity contribution is 5.77. The molecule has 3 rings (SSSR count). The number of hydrogen-bond acceptors (Lipinski definition) is 3. The van der Waals surface area contributed by atoms with E-state index >= 15 is 0 Å². The van der Waals surface area contributed by atoms with E-state index in [0.717, 1.165) is 11.8 Å². The Hall–Kier alpha value is -0.610. The van der Waals surface area contributed by atoms with Crippen molar-refractivity contribution in [2.75, 3.05) is 26.4 Å². The zero-order chi connectivity index (χ0) is 12.5. The van der Waals surface area contributed by atoms with Gasteiger partial charge in [0.25, 0.3) is 0 Å². The molecule has 0 aromatic rings. The Morgan fingerprint density at radius 1 is 1.33 bits per heavy atom. The first-order valence-corrected chi connectivity index (χ1v) is 7.26. The Bertz CT molecular complexity index is 320. The van der Waals surface area contributed by atoms with Crippen LogP contribution in [-0.2, 0) is 9.53 Å². The molecule has 3 aliphatic rings. The molecule has 18 heavy (non-hydrogen) atoms. The van der Waals surface area contributed by atoms with Crippen molar-refractivity contribution in [1.29, 1.82) is 0 Å². The van der Waals surface area contributed by atoms with Gasteiger partial charge in [-0.25, -0.2) is 0 Å². The summed E-state index contributed by atoms with van der Waals surface area (Å²) in [6, 6.07) is -0.121. The van der Waals surface area contributed by atoms with Gasteiger partial charge in [-0.15, -0.1) is 0 Å². The van der Waals surface area contributed by atoms with Gasteiger partial charge in [0.2, 0.25) is 5.91 Å². The van der Waals surface area contributed by atoms with Gasteiger partial charge in [-0.05, 0) is 37.0 Å². The Morgan fingerprint density at radius 3 is 2.89 bits per heavy atom. The van der Waals surface area contributed by atoms with Gasteiger partial charge in [0.15, 0.2) is 0 Å². The summed E-state index contributed by atoms with van der Waals surface area (Å²) < 4.78 is 5.32. The monoisotopic (exact) mass is 253 g/mol. The summed E-state index contributed by atoms with van der Waals surface area (Å²) in [6.07, 6.45) is 6.01. The second-order valence-electron chi connectivity index (χ2n) is 6.14. The van der Waals surface area contributed by atoms with Gasteiger partial charge in [-0.3, -0.25) is 4.79 Å². The van der Waals surface area contributed by atoms with Crippen molar-refractivity contribution in [3.05, 3.63) is 0 Å². The quantitative estimate of drug-likeness (QED) is 0.817. The number of amides is 1. The number of nitrogens with zero attached hydrogens (tertiary/aromatic N) is 1. The van der Waals surface area contributed by atoms with E-state index in [4.69, 9.17) is 4.74 Å². The largest absolute Gasteiger partial charge is 0.394 e. The van der Waals surface area contributed by atoms with Crippen molar-refractivity contribution in [3.8, 4) is 0 Å². The van der Waals surface area contributed by atoms with Gasteiger partial charge in [0, 0.05) is 13.0 Å². The van der Waals surface area contributed by atoms with E-state index in [1.807, 2.05) is 4.90 Å². The zero-order valence-corrected chi connectivity index (χ0v) is 10.9. The highest BCUT2D eigenvalue weighted by atomic mass is 16.5. The van der Waals surface area contributed by atoms with Crippen LogP contribution < -0.4 is 0 Å². The van der Waals surface area contributed by atoms with Crippen molar-refractivity contribution in [2.45, 2.75) is 38.1 Å². The van der Waals surface area contributed by atoms with Gasteiger partial charge in [-0.2, -0.15) is 0 Å². The molecule has 0 unspecified atom stereocenters. The molecular formula is C14H23NO3. The molecule has 0 radical (unpaired) electrons. The fraction of sp³-hybridized carbons (Fsp3) is 0.929. The molecule has 0 aromatic heterocycles. The van der Waals surface area contributed by atoms with E-state index in [1.165, 1.54) is 25.7 Å². The maximum atomic E-state index is 12.4. The lowest BCUT2D eigenvalue weighted by Gasteiger charge is -2.35. The highest BCUT2D eigenvalue weighted by Gasteiger charge is 2.41. The fourth-order valence-electron chi connectivity index (χ4n) is 4.10. The van der Waals surface area contributed by atoms with Crippen LogP contribution in [0, 0.1) is 17.8 Å². The molecule has 2 bridgehead atoms. The second-order valence-corrected chi connectivity index (χ2v) is 6.14. The van der Waals surface area contributed by atoms with Crippen LogP contribution in [0.2, 0.25) is 0 Å². The van der Waals surface area contributed by atoms with Gasteiger partial charge in [0.05, 0.1) is 25.9 Å². The number of hydrogen-bond donors (Lipinski definition) is 1. The van der Waals surface area contributed by atoms with Gasteiger partial charge in [-0.1, -0.05) is 6.42 Å². The molecule has 2 aliphatic carbocycles. The van der Waals surface area contributed by atoms with E-state index in [1.54, 1.807) is 0 Å². The number of morpholine rings is 1. The maximum absolute atomic E-state index is 12.4. The molecule has 0 spiro atoms. The Labute approximate surface area is 108 Å². The van der Waals surface area contributed by atoms with Crippen LogP contribution in [0.25, 0.3) is 0 Å². The van der Waals surface area contributed by atoms with Crippen LogP contribution in [-0.4, -0.2) is 48.3 Å². The van der Waals surface area contributed by atoms with E-state index in [2.05, 4.69) is 0 Å². The summed E-state index contributed by atoms with van der Waals surface area (Å²) in [6.45, 7) is 1.76. The lowest BCUT2D eigenvalue weighted by atomic mass is 9.86. The van der Waals surface area contributed by atoms with E-state index in [0.29, 0.717) is 32.1 Å². The van der Waals surface area contributed by atoms with Crippen molar-refractivity contribution in [3.63, 3.8) is 0 Å². The first-order valence-electron chi connectivity index (χ1n) is 7.26. The molecule has 1 saturated heterocycles. The average Bonchev–Trinajstić information content (AvgIpc) is 3.01. The summed E-state index contributed by atoms with van der Waals surface area (Å²) in [7, 11) is 0. The molecule has 2 saturated carbocycles. The molecule has 1 heterocycles. The second kappa shape index (κ2) is 5.17. The predicted molar refractivity (Wildman–Crippen MR) is 67.0 cm³/mol. The smallest absolute Gasteiger partial charge is 0.223 e. The number of carbonyl (C=O) groups excluding carboxylic acids is 1. The van der Waals surface area contributed by atoms with Gasteiger partial charge < -0.3 is 14.7 Å². The molecule has 1 amide bonds. The van der Waals surface area contributed by atoms with Crippen molar-refractivity contribution in [2.24, 2.45) is 17.8 Å². The molecule has 102 valence electrons. The van der Waals surface area contributed by atoms with E-state index in [9.17, 15) is 9.90 Å². The summed E-state index contributed by atoms with van der Waals surface area (Å²) in [5.41, 5.74) is 0. The maximum Gasteiger partial charge on any atom is 0.223 e. The van der Waals surface area contributed by atoms with Crippen molar-refractivity contribution in [1.82, 2.24) is 4.90 Å². The SMILES string of the molecule is O=C(C[C@@H]1C[C@H]2CC[C@H]1C2)N1CCOC[C@@H]1CO. The van der Waals surface area contributed by atoms with Crippen molar-refractivity contribution < 1.29 is 14.6 Å². The number of carbonyl (C=O) groups is 1. The minimum atomic E-state index is -0.121. The Balaban J connectivity index is 1.57. The standard InChI is InChI=1S/C14H23NO3/c16-8-13-9-18-4-3-15(13)14(17)7-12-6-10-1-2-11(12)5-10/h10-13,16H,1-9H2/t10-,11-,12-,13-/m0/s1. The summed E-state index contributed by atoms with van der Waals surface area (Å²) in [4.78, 5) is 14.2. The summed E-state index contributed by atoms with van der Waals surface area (Å²) in [5.74, 6) is 2.53. The van der Waals surface area contributed by atoms with Gasteiger partial charge in [0.1, 0.15) is 0 Å². The number of fused-ring (bicyclic) bond motifs is 2. The number of aliphatic hydroxyl groups is 1. The molecule has 1 aliphatic heterocycles. The minimum absolute atomic E-state index is 0.0163. The molecule has 1 N–H and O–H groups in total. The third-order valence-electron chi connectivity index (χ3n) is 5.08. The predicted octanol–water partition coefficient (Wildman–Crippen LogP) is 1.03. The third kappa shape index (κ3) is 2.28. The van der Waals surface area contributed by atoms with Gasteiger partial charge >= 0.3 is 0 Å². The normalized spacial score (nSPS) is 39.3. The lowest BCUT2D eigenvalue weighted by molar-refractivity contribution is -0.143. The molecular weight excluding hydrogens is 230 g/mol. The van der Waals surface area contributed by atoms with Crippen LogP contribution in [0.3, 0.4) is 0 Å². The van der Waals surface area contributed by atoms with Crippen LogP contribution >= 0.6 is 0 Å². The highest BCUT2D eigenvalue weighted by Crippen LogP contribution is 2.49. The topological polar surface area (TPSA) is 49.8 Å².